The maximum atomic E-state index is 12.8. The third-order valence-corrected chi connectivity index (χ3v) is 5.93. The van der Waals surface area contributed by atoms with Crippen LogP contribution in [0.1, 0.15) is 45.9 Å². The Bertz CT molecular complexity index is 1100. The zero-order chi connectivity index (χ0) is 21.4. The third kappa shape index (κ3) is 3.79. The number of aromatic nitrogens is 3. The lowest BCUT2D eigenvalue weighted by molar-refractivity contribution is 0.0302. The van der Waals surface area contributed by atoms with E-state index >= 15 is 0 Å². The van der Waals surface area contributed by atoms with E-state index in [4.69, 9.17) is 14.0 Å². The molecule has 31 heavy (non-hydrogen) atoms. The number of nitrogens with zero attached hydrogens (tertiary/aromatic N) is 4. The van der Waals surface area contributed by atoms with Gasteiger partial charge in [-0.25, -0.2) is 4.98 Å². The molecule has 0 spiro atoms. The topological polar surface area (TPSA) is 90.6 Å². The van der Waals surface area contributed by atoms with Crippen molar-refractivity contribution in [1.82, 2.24) is 20.0 Å². The van der Waals surface area contributed by atoms with Crippen LogP contribution < -0.4 is 4.74 Å². The van der Waals surface area contributed by atoms with Crippen LogP contribution in [0, 0.1) is 13.8 Å². The molecule has 0 unspecified atom stereocenters. The van der Waals surface area contributed by atoms with Crippen LogP contribution in [-0.4, -0.2) is 45.2 Å². The van der Waals surface area contributed by atoms with Crippen molar-refractivity contribution in [2.75, 3.05) is 13.2 Å². The average molecular weight is 420 g/mol. The number of carbonyl (C=O) groups is 1. The molecule has 3 aromatic rings. The van der Waals surface area contributed by atoms with Gasteiger partial charge in [0.05, 0.1) is 23.4 Å². The van der Waals surface area contributed by atoms with E-state index in [1.807, 2.05) is 36.9 Å². The molecule has 0 atom stereocenters. The van der Waals surface area contributed by atoms with Crippen molar-refractivity contribution in [2.45, 2.75) is 45.9 Å². The molecular weight excluding hydrogens is 396 g/mol. The summed E-state index contributed by atoms with van der Waals surface area (Å²) in [6, 6.07) is 7.68. The van der Waals surface area contributed by atoms with Gasteiger partial charge < -0.3 is 18.9 Å². The highest BCUT2D eigenvalue weighted by Crippen LogP contribution is 2.30. The molecule has 5 rings (SSSR count). The third-order valence-electron chi connectivity index (χ3n) is 5.93. The van der Waals surface area contributed by atoms with Crippen molar-refractivity contribution < 1.29 is 18.8 Å². The molecule has 160 valence electrons. The number of hydrogen-bond donors (Lipinski definition) is 0. The van der Waals surface area contributed by atoms with Crippen LogP contribution in [0.25, 0.3) is 11.3 Å². The van der Waals surface area contributed by atoms with Crippen molar-refractivity contribution >= 4 is 5.91 Å². The lowest BCUT2D eigenvalue weighted by Gasteiger charge is -2.30. The van der Waals surface area contributed by atoms with Gasteiger partial charge in [0.25, 0.3) is 5.91 Å². The van der Waals surface area contributed by atoms with E-state index in [2.05, 4.69) is 15.1 Å². The van der Waals surface area contributed by atoms with Crippen molar-refractivity contribution in [1.29, 1.82) is 0 Å². The van der Waals surface area contributed by atoms with Gasteiger partial charge in [0.2, 0.25) is 5.88 Å². The summed E-state index contributed by atoms with van der Waals surface area (Å²) < 4.78 is 16.8. The van der Waals surface area contributed by atoms with Crippen molar-refractivity contribution in [3.63, 3.8) is 0 Å². The minimum Gasteiger partial charge on any atom is -0.473 e. The van der Waals surface area contributed by atoms with E-state index in [0.29, 0.717) is 42.7 Å². The monoisotopic (exact) mass is 420 g/mol. The van der Waals surface area contributed by atoms with Crippen LogP contribution in [0.5, 0.6) is 5.88 Å². The van der Waals surface area contributed by atoms with Gasteiger partial charge >= 0.3 is 0 Å². The number of fused-ring (bicyclic) bond motifs is 1. The normalized spacial score (nSPS) is 16.6. The standard InChI is InChI=1S/C23H24N4O4/c1-14-3-4-16(11-24-14)22-19(15(2)31-26-22)13-30-21-6-5-18-20(25-21)12-27(23(18)28)17-7-9-29-10-8-17/h3-6,11,17H,7-10,12-13H2,1-2H3. The zero-order valence-electron chi connectivity index (χ0n) is 17.6. The number of amides is 1. The SMILES string of the molecule is Cc1ccc(-c2noc(C)c2COc2ccc3c(n2)CN(C2CCOCC2)C3=O)cn1. The van der Waals surface area contributed by atoms with Gasteiger partial charge in [-0.05, 0) is 44.9 Å². The minimum absolute atomic E-state index is 0.0463. The molecule has 1 fully saturated rings. The highest BCUT2D eigenvalue weighted by atomic mass is 16.5. The Morgan fingerprint density at radius 2 is 2.00 bits per heavy atom. The fourth-order valence-corrected chi connectivity index (χ4v) is 4.10. The van der Waals surface area contributed by atoms with Crippen molar-refractivity contribution in [3.05, 3.63) is 58.7 Å². The summed E-state index contributed by atoms with van der Waals surface area (Å²) in [6.07, 6.45) is 3.51. The van der Waals surface area contributed by atoms with Crippen LogP contribution in [-0.2, 0) is 17.9 Å². The summed E-state index contributed by atoms with van der Waals surface area (Å²) in [4.78, 5) is 23.7. The quantitative estimate of drug-likeness (QED) is 0.624. The summed E-state index contributed by atoms with van der Waals surface area (Å²) in [7, 11) is 0. The Labute approximate surface area is 180 Å². The van der Waals surface area contributed by atoms with Crippen LogP contribution in [0.2, 0.25) is 0 Å². The summed E-state index contributed by atoms with van der Waals surface area (Å²) in [5, 5.41) is 4.18. The number of ether oxygens (including phenoxy) is 2. The molecule has 2 aliphatic heterocycles. The van der Waals surface area contributed by atoms with Crippen LogP contribution in [0.15, 0.2) is 35.0 Å². The Balaban J connectivity index is 1.32. The average Bonchev–Trinajstić information content (AvgIpc) is 3.33. The second kappa shape index (κ2) is 8.11. The molecular formula is C23H24N4O4. The fourth-order valence-electron chi connectivity index (χ4n) is 4.10. The molecule has 0 bridgehead atoms. The number of aryl methyl sites for hydroxylation is 2. The molecule has 1 saturated heterocycles. The van der Waals surface area contributed by atoms with Crippen molar-refractivity contribution in [2.24, 2.45) is 0 Å². The van der Waals surface area contributed by atoms with Gasteiger partial charge in [-0.1, -0.05) is 5.16 Å². The van der Waals surface area contributed by atoms with Crippen LogP contribution in [0.3, 0.4) is 0 Å². The van der Waals surface area contributed by atoms with E-state index < -0.39 is 0 Å². The van der Waals surface area contributed by atoms with Crippen molar-refractivity contribution in [3.8, 4) is 17.1 Å². The fraction of sp³-hybridized carbons (Fsp3) is 0.391. The van der Waals surface area contributed by atoms with Crippen LogP contribution in [0.4, 0.5) is 0 Å². The maximum Gasteiger partial charge on any atom is 0.256 e. The first-order valence-electron chi connectivity index (χ1n) is 10.5. The molecule has 2 aliphatic rings. The van der Waals surface area contributed by atoms with Gasteiger partial charge in [0.1, 0.15) is 18.1 Å². The summed E-state index contributed by atoms with van der Waals surface area (Å²) in [5.74, 6) is 1.22. The molecule has 0 aliphatic carbocycles. The summed E-state index contributed by atoms with van der Waals surface area (Å²) >= 11 is 0. The maximum absolute atomic E-state index is 12.8. The molecule has 3 aromatic heterocycles. The second-order valence-electron chi connectivity index (χ2n) is 7.96. The molecule has 5 heterocycles. The van der Waals surface area contributed by atoms with E-state index in [9.17, 15) is 4.79 Å². The number of hydrogen-bond acceptors (Lipinski definition) is 7. The Hall–Kier alpha value is -3.26. The number of carbonyl (C=O) groups excluding carboxylic acids is 1. The van der Waals surface area contributed by atoms with E-state index in [0.717, 1.165) is 35.4 Å². The Kier molecular flexibility index (Phi) is 5.15. The molecule has 0 aromatic carbocycles. The summed E-state index contributed by atoms with van der Waals surface area (Å²) in [5.41, 5.74) is 4.81. The summed E-state index contributed by atoms with van der Waals surface area (Å²) in [6.45, 7) is 5.98. The second-order valence-corrected chi connectivity index (χ2v) is 7.96. The molecule has 8 nitrogen and oxygen atoms in total. The smallest absolute Gasteiger partial charge is 0.256 e. The first-order valence-corrected chi connectivity index (χ1v) is 10.5. The lowest BCUT2D eigenvalue weighted by atomic mass is 10.1. The number of pyridine rings is 2. The number of rotatable bonds is 5. The van der Waals surface area contributed by atoms with E-state index in [1.165, 1.54) is 0 Å². The highest BCUT2D eigenvalue weighted by Gasteiger charge is 2.34. The van der Waals surface area contributed by atoms with E-state index in [1.54, 1.807) is 12.3 Å². The predicted octanol–water partition coefficient (Wildman–Crippen LogP) is 3.46. The molecule has 1 amide bonds. The first kappa shape index (κ1) is 19.7. The van der Waals surface area contributed by atoms with Gasteiger partial charge in [-0.2, -0.15) is 0 Å². The van der Waals surface area contributed by atoms with E-state index in [-0.39, 0.29) is 18.6 Å². The predicted molar refractivity (Wildman–Crippen MR) is 111 cm³/mol. The van der Waals surface area contributed by atoms with Gasteiger partial charge in [0.15, 0.2) is 0 Å². The Morgan fingerprint density at radius 1 is 1.16 bits per heavy atom. The molecule has 8 heteroatoms. The Morgan fingerprint density at radius 3 is 2.77 bits per heavy atom. The highest BCUT2D eigenvalue weighted by molar-refractivity contribution is 5.98. The molecule has 0 N–H and O–H groups in total. The van der Waals surface area contributed by atoms with Gasteiger partial charge in [-0.15, -0.1) is 0 Å². The van der Waals surface area contributed by atoms with Gasteiger partial charge in [-0.3, -0.25) is 9.78 Å². The lowest BCUT2D eigenvalue weighted by Crippen LogP contribution is -2.39. The van der Waals surface area contributed by atoms with Crippen LogP contribution >= 0.6 is 0 Å². The first-order chi connectivity index (χ1) is 15.1. The largest absolute Gasteiger partial charge is 0.473 e. The van der Waals surface area contributed by atoms with Gasteiger partial charge in [0, 0.05) is 42.8 Å². The minimum atomic E-state index is 0.0463. The molecule has 0 saturated carbocycles. The molecule has 0 radical (unpaired) electrons. The zero-order valence-corrected chi connectivity index (χ0v) is 17.6.